The highest BCUT2D eigenvalue weighted by Gasteiger charge is 2.17. The summed E-state index contributed by atoms with van der Waals surface area (Å²) in [5.41, 5.74) is -0.123. The Morgan fingerprint density at radius 2 is 2.21 bits per heavy atom. The molecular formula is C12H10ClNO5. The maximum Gasteiger partial charge on any atom is 0.384 e. The summed E-state index contributed by atoms with van der Waals surface area (Å²) in [5.74, 6) is 3.91. The molecule has 0 radical (unpaired) electrons. The largest absolute Gasteiger partial charge is 0.490 e. The maximum absolute atomic E-state index is 11.1. The van der Waals surface area contributed by atoms with Crippen molar-refractivity contribution in [3.8, 4) is 17.6 Å². The average Bonchev–Trinajstić information content (AvgIpc) is 2.36. The summed E-state index contributed by atoms with van der Waals surface area (Å²) in [7, 11) is 1.29. The van der Waals surface area contributed by atoms with E-state index in [0.29, 0.717) is 0 Å². The van der Waals surface area contributed by atoms with Crippen LogP contribution in [0.5, 0.6) is 5.75 Å². The molecule has 0 spiro atoms. The number of hydrogen-bond donors (Lipinski definition) is 0. The Balaban J connectivity index is 3.19. The molecule has 1 aromatic carbocycles. The van der Waals surface area contributed by atoms with Crippen LogP contribution >= 0.6 is 11.6 Å². The van der Waals surface area contributed by atoms with Gasteiger partial charge in [0.1, 0.15) is 0 Å². The number of methoxy groups -OCH3 is 1. The van der Waals surface area contributed by atoms with Gasteiger partial charge in [-0.25, -0.2) is 4.79 Å². The summed E-state index contributed by atoms with van der Waals surface area (Å²) >= 11 is 5.89. The van der Waals surface area contributed by atoms with E-state index in [0.717, 1.165) is 6.07 Å². The van der Waals surface area contributed by atoms with Crippen LogP contribution in [0.3, 0.4) is 0 Å². The number of rotatable bonds is 3. The summed E-state index contributed by atoms with van der Waals surface area (Å²) in [4.78, 5) is 21.3. The topological polar surface area (TPSA) is 78.7 Å². The van der Waals surface area contributed by atoms with Crippen molar-refractivity contribution >= 4 is 23.3 Å². The molecule has 7 heteroatoms. The highest BCUT2D eigenvalue weighted by atomic mass is 35.5. The fraction of sp³-hybridized carbons (Fsp3) is 0.250. The number of carbonyl (C=O) groups is 1. The standard InChI is InChI=1S/C12H10ClNO5/c1-3-19-12(15)5-4-8-6-10(14(16)17)11(18-2)7-9(8)13/h6-7H,3H2,1-2H3. The Kier molecular flexibility index (Phi) is 5.15. The molecule has 0 saturated heterocycles. The van der Waals surface area contributed by atoms with Gasteiger partial charge in [-0.05, 0) is 6.92 Å². The lowest BCUT2D eigenvalue weighted by atomic mass is 10.2. The smallest absolute Gasteiger partial charge is 0.384 e. The predicted molar refractivity (Wildman–Crippen MR) is 68.2 cm³/mol. The molecule has 0 aromatic heterocycles. The first-order valence-corrected chi connectivity index (χ1v) is 5.58. The van der Waals surface area contributed by atoms with Gasteiger partial charge in [0.15, 0.2) is 5.75 Å². The number of ether oxygens (including phenoxy) is 2. The Morgan fingerprint density at radius 1 is 1.53 bits per heavy atom. The van der Waals surface area contributed by atoms with Crippen molar-refractivity contribution in [2.45, 2.75) is 6.92 Å². The summed E-state index contributed by atoms with van der Waals surface area (Å²) in [6.45, 7) is 1.84. The fourth-order valence-electron chi connectivity index (χ4n) is 1.23. The van der Waals surface area contributed by atoms with Gasteiger partial charge in [0.2, 0.25) is 0 Å². The van der Waals surface area contributed by atoms with Crippen molar-refractivity contribution in [3.05, 3.63) is 32.8 Å². The number of halogens is 1. The molecule has 0 unspecified atom stereocenters. The zero-order chi connectivity index (χ0) is 14.4. The fourth-order valence-corrected chi connectivity index (χ4v) is 1.43. The maximum atomic E-state index is 11.1. The third-order valence-electron chi connectivity index (χ3n) is 2.04. The number of nitro benzene ring substituents is 1. The number of esters is 1. The molecule has 0 saturated carbocycles. The molecule has 1 rings (SSSR count). The zero-order valence-corrected chi connectivity index (χ0v) is 11.0. The lowest BCUT2D eigenvalue weighted by Gasteiger charge is -2.03. The van der Waals surface area contributed by atoms with Gasteiger partial charge in [-0.1, -0.05) is 17.5 Å². The van der Waals surface area contributed by atoms with E-state index in [9.17, 15) is 14.9 Å². The monoisotopic (exact) mass is 283 g/mol. The lowest BCUT2D eigenvalue weighted by molar-refractivity contribution is -0.385. The molecule has 0 aliphatic heterocycles. The van der Waals surface area contributed by atoms with Crippen LogP contribution in [0.1, 0.15) is 12.5 Å². The minimum Gasteiger partial charge on any atom is -0.490 e. The number of hydrogen-bond acceptors (Lipinski definition) is 5. The zero-order valence-electron chi connectivity index (χ0n) is 10.2. The third kappa shape index (κ3) is 3.86. The number of nitro groups is 1. The van der Waals surface area contributed by atoms with E-state index in [1.165, 1.54) is 13.2 Å². The van der Waals surface area contributed by atoms with Gasteiger partial charge in [0.05, 0.1) is 29.2 Å². The van der Waals surface area contributed by atoms with Gasteiger partial charge in [0, 0.05) is 18.1 Å². The molecule has 1 aromatic rings. The summed E-state index contributed by atoms with van der Waals surface area (Å²) < 4.78 is 9.45. The lowest BCUT2D eigenvalue weighted by Crippen LogP contribution is -2.00. The van der Waals surface area contributed by atoms with Gasteiger partial charge in [-0.15, -0.1) is 0 Å². The van der Waals surface area contributed by atoms with Crippen molar-refractivity contribution in [2.24, 2.45) is 0 Å². The first-order chi connectivity index (χ1) is 8.99. The first kappa shape index (κ1) is 14.8. The van der Waals surface area contributed by atoms with Gasteiger partial charge in [-0.3, -0.25) is 10.1 Å². The van der Waals surface area contributed by atoms with E-state index in [1.54, 1.807) is 6.92 Å². The second-order valence-corrected chi connectivity index (χ2v) is 3.64. The molecule has 0 atom stereocenters. The van der Waals surface area contributed by atoms with Gasteiger partial charge in [0.25, 0.3) is 0 Å². The molecular weight excluding hydrogens is 274 g/mol. The van der Waals surface area contributed by atoms with Crippen LogP contribution in [-0.2, 0) is 9.53 Å². The van der Waals surface area contributed by atoms with E-state index < -0.39 is 10.9 Å². The summed E-state index contributed by atoms with van der Waals surface area (Å²) in [5, 5.41) is 11.0. The second kappa shape index (κ2) is 6.61. The van der Waals surface area contributed by atoms with Crippen LogP contribution in [0, 0.1) is 22.0 Å². The van der Waals surface area contributed by atoms with Crippen LogP contribution in [0.4, 0.5) is 5.69 Å². The number of nitrogens with zero attached hydrogens (tertiary/aromatic N) is 1. The number of benzene rings is 1. The molecule has 6 nitrogen and oxygen atoms in total. The van der Waals surface area contributed by atoms with Crippen LogP contribution in [0.2, 0.25) is 5.02 Å². The number of carbonyl (C=O) groups excluding carboxylic acids is 1. The third-order valence-corrected chi connectivity index (χ3v) is 2.35. The SMILES string of the molecule is CCOC(=O)C#Cc1cc([N+](=O)[O-])c(OC)cc1Cl. The second-order valence-electron chi connectivity index (χ2n) is 3.23. The van der Waals surface area contributed by atoms with Crippen molar-refractivity contribution in [1.29, 1.82) is 0 Å². The molecule has 0 aliphatic carbocycles. The van der Waals surface area contributed by atoms with E-state index >= 15 is 0 Å². The van der Waals surface area contributed by atoms with Crippen molar-refractivity contribution in [2.75, 3.05) is 13.7 Å². The van der Waals surface area contributed by atoms with E-state index in [4.69, 9.17) is 16.3 Å². The summed E-state index contributed by atoms with van der Waals surface area (Å²) in [6.07, 6.45) is 0. The molecule has 0 aliphatic rings. The van der Waals surface area contributed by atoms with Crippen LogP contribution in [-0.4, -0.2) is 24.6 Å². The average molecular weight is 284 g/mol. The molecule has 100 valence electrons. The normalized spacial score (nSPS) is 9.21. The van der Waals surface area contributed by atoms with Gasteiger partial charge in [-0.2, -0.15) is 0 Å². The quantitative estimate of drug-likeness (QED) is 0.368. The van der Waals surface area contributed by atoms with Gasteiger partial charge < -0.3 is 9.47 Å². The van der Waals surface area contributed by atoms with Crippen LogP contribution in [0.25, 0.3) is 0 Å². The van der Waals surface area contributed by atoms with Crippen molar-refractivity contribution in [3.63, 3.8) is 0 Å². The molecule has 0 fully saturated rings. The summed E-state index contributed by atoms with van der Waals surface area (Å²) in [6, 6.07) is 2.42. The Morgan fingerprint density at radius 3 is 2.74 bits per heavy atom. The molecule has 0 bridgehead atoms. The van der Waals surface area contributed by atoms with Gasteiger partial charge >= 0.3 is 11.7 Å². The van der Waals surface area contributed by atoms with E-state index in [-0.39, 0.29) is 28.6 Å². The van der Waals surface area contributed by atoms with E-state index in [1.807, 2.05) is 0 Å². The Bertz CT molecular complexity index is 573. The van der Waals surface area contributed by atoms with Crippen molar-refractivity contribution < 1.29 is 19.2 Å². The van der Waals surface area contributed by atoms with Crippen molar-refractivity contribution in [1.82, 2.24) is 0 Å². The Hall–Kier alpha value is -2.26. The molecule has 0 amide bonds. The molecule has 0 N–H and O–H groups in total. The molecule has 0 heterocycles. The Labute approximate surface area is 114 Å². The van der Waals surface area contributed by atoms with Crippen LogP contribution in [0.15, 0.2) is 12.1 Å². The van der Waals surface area contributed by atoms with E-state index in [2.05, 4.69) is 16.6 Å². The highest BCUT2D eigenvalue weighted by molar-refractivity contribution is 6.32. The highest BCUT2D eigenvalue weighted by Crippen LogP contribution is 2.32. The minimum atomic E-state index is -0.725. The van der Waals surface area contributed by atoms with Crippen LogP contribution < -0.4 is 4.74 Å². The first-order valence-electron chi connectivity index (χ1n) is 5.20. The minimum absolute atomic E-state index is 0.0247. The predicted octanol–water partition coefficient (Wildman–Crippen LogP) is 2.17. The molecule has 19 heavy (non-hydrogen) atoms.